The van der Waals surface area contributed by atoms with Crippen LogP contribution in [-0.4, -0.2) is 23.7 Å². The van der Waals surface area contributed by atoms with Gasteiger partial charge in [-0.05, 0) is 42.7 Å². The topological polar surface area (TPSA) is 58.6 Å². The van der Waals surface area contributed by atoms with Crippen LogP contribution < -0.4 is 10.1 Å². The van der Waals surface area contributed by atoms with E-state index in [1.54, 1.807) is 24.3 Å². The zero-order chi connectivity index (χ0) is 16.5. The third kappa shape index (κ3) is 5.42. The number of ether oxygens (including phenoxy) is 1. The highest BCUT2D eigenvalue weighted by Gasteiger charge is 2.11. The van der Waals surface area contributed by atoms with Gasteiger partial charge >= 0.3 is 0 Å². The fourth-order valence-electron chi connectivity index (χ4n) is 2.25. The molecule has 0 aliphatic heterocycles. The van der Waals surface area contributed by atoms with Gasteiger partial charge in [0.05, 0.1) is 0 Å². The summed E-state index contributed by atoms with van der Waals surface area (Å²) < 4.78 is 5.70. The second kappa shape index (κ2) is 8.96. The van der Waals surface area contributed by atoms with Gasteiger partial charge in [-0.2, -0.15) is 0 Å². The third-order valence-electron chi connectivity index (χ3n) is 3.67. The van der Waals surface area contributed by atoms with Crippen LogP contribution >= 0.6 is 0 Å². The van der Waals surface area contributed by atoms with Crippen molar-refractivity contribution in [3.8, 4) is 5.75 Å². The predicted octanol–water partition coefficient (Wildman–Crippen LogP) is 3.16. The summed E-state index contributed by atoms with van der Waals surface area (Å²) in [6.45, 7) is 2.56. The molecule has 2 N–H and O–H groups in total. The van der Waals surface area contributed by atoms with Gasteiger partial charge in [0.15, 0.2) is 0 Å². The normalized spacial score (nSPS) is 11.7. The summed E-state index contributed by atoms with van der Waals surface area (Å²) in [6.07, 6.45) is 1.37. The quantitative estimate of drug-likeness (QED) is 0.787. The van der Waals surface area contributed by atoms with Gasteiger partial charge in [-0.3, -0.25) is 4.79 Å². The average molecular weight is 313 g/mol. The summed E-state index contributed by atoms with van der Waals surface area (Å²) in [7, 11) is 0. The Morgan fingerprint density at radius 2 is 1.83 bits per heavy atom. The lowest BCUT2D eigenvalue weighted by molar-refractivity contribution is 0.0929. The molecule has 23 heavy (non-hydrogen) atoms. The number of rotatable bonds is 8. The molecular weight excluding hydrogens is 290 g/mol. The minimum Gasteiger partial charge on any atom is -0.489 e. The first-order valence-electron chi connectivity index (χ1n) is 7.91. The second-order valence-electron chi connectivity index (χ2n) is 5.39. The van der Waals surface area contributed by atoms with Crippen LogP contribution in [0.25, 0.3) is 0 Å². The molecule has 1 atom stereocenters. The molecule has 4 nitrogen and oxygen atoms in total. The van der Waals surface area contributed by atoms with Crippen molar-refractivity contribution in [3.05, 3.63) is 65.7 Å². The molecule has 1 unspecified atom stereocenters. The molecule has 0 fully saturated rings. The predicted molar refractivity (Wildman–Crippen MR) is 90.5 cm³/mol. The third-order valence-corrected chi connectivity index (χ3v) is 3.67. The minimum absolute atomic E-state index is 0.00140. The van der Waals surface area contributed by atoms with Crippen LogP contribution in [0.4, 0.5) is 0 Å². The summed E-state index contributed by atoms with van der Waals surface area (Å²) in [5, 5.41) is 11.9. The number of hydrogen-bond acceptors (Lipinski definition) is 3. The van der Waals surface area contributed by atoms with E-state index >= 15 is 0 Å². The number of aliphatic hydroxyl groups excluding tert-OH is 1. The van der Waals surface area contributed by atoms with Crippen LogP contribution in [0.1, 0.15) is 35.7 Å². The number of nitrogens with one attached hydrogen (secondary N) is 1. The highest BCUT2D eigenvalue weighted by atomic mass is 16.5. The molecule has 2 rings (SSSR count). The van der Waals surface area contributed by atoms with Crippen molar-refractivity contribution in [2.45, 2.75) is 32.4 Å². The first kappa shape index (κ1) is 17.0. The molecule has 0 bridgehead atoms. The lowest BCUT2D eigenvalue weighted by atomic mass is 10.1. The van der Waals surface area contributed by atoms with E-state index in [9.17, 15) is 4.79 Å². The van der Waals surface area contributed by atoms with Crippen LogP contribution in [0.3, 0.4) is 0 Å². The summed E-state index contributed by atoms with van der Waals surface area (Å²) in [6, 6.07) is 17.0. The molecule has 0 spiro atoms. The molecule has 2 aromatic rings. The molecule has 0 saturated carbocycles. The first-order chi connectivity index (χ1) is 11.2. The van der Waals surface area contributed by atoms with E-state index in [0.29, 0.717) is 18.6 Å². The number of hydrogen-bond donors (Lipinski definition) is 2. The highest BCUT2D eigenvalue weighted by molar-refractivity contribution is 5.94. The van der Waals surface area contributed by atoms with Gasteiger partial charge in [0.1, 0.15) is 12.4 Å². The maximum absolute atomic E-state index is 12.1. The van der Waals surface area contributed by atoms with Crippen LogP contribution in [0.15, 0.2) is 54.6 Å². The fraction of sp³-hybridized carbons (Fsp3) is 0.316. The summed E-state index contributed by atoms with van der Waals surface area (Å²) in [5.74, 6) is 0.604. The van der Waals surface area contributed by atoms with Crippen molar-refractivity contribution in [1.29, 1.82) is 0 Å². The van der Waals surface area contributed by atoms with Gasteiger partial charge in [0.25, 0.3) is 5.91 Å². The zero-order valence-corrected chi connectivity index (χ0v) is 13.4. The van der Waals surface area contributed by atoms with Crippen molar-refractivity contribution in [2.24, 2.45) is 0 Å². The molecule has 1 amide bonds. The number of aliphatic hydroxyl groups is 1. The Kier molecular flexibility index (Phi) is 6.63. The van der Waals surface area contributed by atoms with E-state index in [2.05, 4.69) is 5.32 Å². The van der Waals surface area contributed by atoms with E-state index in [0.717, 1.165) is 17.7 Å². The Labute approximate surface area is 137 Å². The molecule has 0 radical (unpaired) electrons. The van der Waals surface area contributed by atoms with Gasteiger partial charge < -0.3 is 15.2 Å². The van der Waals surface area contributed by atoms with Crippen molar-refractivity contribution in [2.75, 3.05) is 6.61 Å². The zero-order valence-electron chi connectivity index (χ0n) is 13.4. The fourth-order valence-corrected chi connectivity index (χ4v) is 2.25. The highest BCUT2D eigenvalue weighted by Crippen LogP contribution is 2.14. The van der Waals surface area contributed by atoms with Crippen LogP contribution in [-0.2, 0) is 6.61 Å². The molecule has 0 heterocycles. The Balaban J connectivity index is 1.89. The van der Waals surface area contributed by atoms with Gasteiger partial charge in [0, 0.05) is 18.2 Å². The van der Waals surface area contributed by atoms with Crippen molar-refractivity contribution in [1.82, 2.24) is 5.32 Å². The molecule has 0 aliphatic carbocycles. The number of benzene rings is 2. The summed E-state index contributed by atoms with van der Waals surface area (Å²) in [5.41, 5.74) is 1.69. The maximum atomic E-state index is 12.1. The number of amides is 1. The molecule has 4 heteroatoms. The molecule has 122 valence electrons. The van der Waals surface area contributed by atoms with E-state index in [1.807, 2.05) is 37.3 Å². The van der Waals surface area contributed by atoms with E-state index in [-0.39, 0.29) is 18.6 Å². The lowest BCUT2D eigenvalue weighted by Crippen LogP contribution is -2.35. The Morgan fingerprint density at radius 1 is 1.13 bits per heavy atom. The van der Waals surface area contributed by atoms with E-state index in [1.165, 1.54) is 0 Å². The molecule has 0 aromatic heterocycles. The summed E-state index contributed by atoms with van der Waals surface area (Å²) >= 11 is 0. The van der Waals surface area contributed by atoms with Crippen molar-refractivity contribution >= 4 is 5.91 Å². The van der Waals surface area contributed by atoms with Crippen molar-refractivity contribution in [3.63, 3.8) is 0 Å². The SMILES string of the molecule is CCC(CCO)NC(=O)c1ccc(OCc2ccccc2)cc1. The van der Waals surface area contributed by atoms with Crippen LogP contribution in [0.2, 0.25) is 0 Å². The Bertz CT molecular complexity index is 596. The van der Waals surface area contributed by atoms with Crippen LogP contribution in [0.5, 0.6) is 5.75 Å². The molecule has 0 saturated heterocycles. The maximum Gasteiger partial charge on any atom is 0.251 e. The summed E-state index contributed by atoms with van der Waals surface area (Å²) in [4.78, 5) is 12.1. The molecular formula is C19H23NO3. The van der Waals surface area contributed by atoms with E-state index < -0.39 is 0 Å². The first-order valence-corrected chi connectivity index (χ1v) is 7.91. The number of carbonyl (C=O) groups excluding carboxylic acids is 1. The smallest absolute Gasteiger partial charge is 0.251 e. The minimum atomic E-state index is -0.125. The van der Waals surface area contributed by atoms with Gasteiger partial charge in [-0.1, -0.05) is 37.3 Å². The number of carbonyl (C=O) groups is 1. The van der Waals surface area contributed by atoms with Crippen LogP contribution in [0, 0.1) is 0 Å². The Hall–Kier alpha value is -2.33. The second-order valence-corrected chi connectivity index (χ2v) is 5.39. The van der Waals surface area contributed by atoms with Gasteiger partial charge in [-0.25, -0.2) is 0 Å². The Morgan fingerprint density at radius 3 is 2.43 bits per heavy atom. The molecule has 2 aromatic carbocycles. The van der Waals surface area contributed by atoms with E-state index in [4.69, 9.17) is 9.84 Å². The van der Waals surface area contributed by atoms with Gasteiger partial charge in [0.2, 0.25) is 0 Å². The van der Waals surface area contributed by atoms with Gasteiger partial charge in [-0.15, -0.1) is 0 Å². The molecule has 0 aliphatic rings. The monoisotopic (exact) mass is 313 g/mol. The average Bonchev–Trinajstić information content (AvgIpc) is 2.60. The van der Waals surface area contributed by atoms with Crippen molar-refractivity contribution < 1.29 is 14.6 Å². The standard InChI is InChI=1S/C19H23NO3/c1-2-17(12-13-21)20-19(22)16-8-10-18(11-9-16)23-14-15-6-4-3-5-7-15/h3-11,17,21H,2,12-14H2,1H3,(H,20,22). The lowest BCUT2D eigenvalue weighted by Gasteiger charge is -2.15. The largest absolute Gasteiger partial charge is 0.489 e.